The van der Waals surface area contributed by atoms with Gasteiger partial charge in [0, 0.05) is 5.56 Å². The van der Waals surface area contributed by atoms with Crippen molar-refractivity contribution in [1.29, 1.82) is 0 Å². The average Bonchev–Trinajstić information content (AvgIpc) is 2.32. The summed E-state index contributed by atoms with van der Waals surface area (Å²) in [4.78, 5) is 11.8. The molecule has 1 aliphatic rings. The van der Waals surface area contributed by atoms with Crippen molar-refractivity contribution >= 4 is 5.91 Å². The molecule has 3 nitrogen and oxygen atoms in total. The number of hydrogen-bond donors (Lipinski definition) is 2. The van der Waals surface area contributed by atoms with Crippen molar-refractivity contribution in [3.05, 3.63) is 35.4 Å². The lowest BCUT2D eigenvalue weighted by atomic mass is 9.90. The van der Waals surface area contributed by atoms with Gasteiger partial charge < -0.3 is 10.4 Å². The zero-order chi connectivity index (χ0) is 11.5. The van der Waals surface area contributed by atoms with Gasteiger partial charge in [-0.05, 0) is 18.1 Å². The fourth-order valence-electron chi connectivity index (χ4n) is 2.16. The maximum absolute atomic E-state index is 11.8. The SMILES string of the molecule is CCCCC1NC(=O)c2ccccc2C1O. The van der Waals surface area contributed by atoms with E-state index in [1.165, 1.54) is 0 Å². The summed E-state index contributed by atoms with van der Waals surface area (Å²) in [7, 11) is 0. The molecule has 3 heteroatoms. The fourth-order valence-corrected chi connectivity index (χ4v) is 2.16. The first kappa shape index (κ1) is 11.1. The predicted molar refractivity (Wildman–Crippen MR) is 62.2 cm³/mol. The van der Waals surface area contributed by atoms with E-state index in [-0.39, 0.29) is 11.9 Å². The number of aliphatic hydroxyl groups is 1. The number of carbonyl (C=O) groups excluding carboxylic acids is 1. The van der Waals surface area contributed by atoms with Gasteiger partial charge in [0.1, 0.15) is 0 Å². The van der Waals surface area contributed by atoms with E-state index in [1.54, 1.807) is 6.07 Å². The van der Waals surface area contributed by atoms with Crippen LogP contribution in [0.2, 0.25) is 0 Å². The Kier molecular flexibility index (Phi) is 3.25. The molecule has 0 saturated carbocycles. The molecule has 1 aromatic carbocycles. The van der Waals surface area contributed by atoms with E-state index >= 15 is 0 Å². The molecule has 0 fully saturated rings. The van der Waals surface area contributed by atoms with Crippen LogP contribution < -0.4 is 5.32 Å². The van der Waals surface area contributed by atoms with Crippen molar-refractivity contribution in [2.75, 3.05) is 0 Å². The van der Waals surface area contributed by atoms with Gasteiger partial charge in [-0.3, -0.25) is 4.79 Å². The summed E-state index contributed by atoms with van der Waals surface area (Å²) in [6, 6.07) is 7.12. The second-order valence-corrected chi connectivity index (χ2v) is 4.25. The highest BCUT2D eigenvalue weighted by Crippen LogP contribution is 2.27. The van der Waals surface area contributed by atoms with Crippen molar-refractivity contribution < 1.29 is 9.90 Å². The summed E-state index contributed by atoms with van der Waals surface area (Å²) in [6.45, 7) is 2.10. The molecule has 0 aromatic heterocycles. The van der Waals surface area contributed by atoms with Crippen molar-refractivity contribution in [3.63, 3.8) is 0 Å². The molecule has 2 N–H and O–H groups in total. The molecule has 2 rings (SSSR count). The van der Waals surface area contributed by atoms with Crippen LogP contribution in [0.4, 0.5) is 0 Å². The standard InChI is InChI=1S/C13H17NO2/c1-2-3-8-11-12(15)9-6-4-5-7-10(9)13(16)14-11/h4-7,11-12,15H,2-3,8H2,1H3,(H,14,16). The molecular formula is C13H17NO2. The lowest BCUT2D eigenvalue weighted by molar-refractivity contribution is 0.0747. The maximum Gasteiger partial charge on any atom is 0.251 e. The first-order valence-electron chi connectivity index (χ1n) is 5.82. The molecule has 2 unspecified atom stereocenters. The van der Waals surface area contributed by atoms with Gasteiger partial charge >= 0.3 is 0 Å². The number of hydrogen-bond acceptors (Lipinski definition) is 2. The molecule has 0 aliphatic carbocycles. The quantitative estimate of drug-likeness (QED) is 0.817. The van der Waals surface area contributed by atoms with E-state index in [4.69, 9.17) is 0 Å². The zero-order valence-corrected chi connectivity index (χ0v) is 9.44. The number of aliphatic hydroxyl groups excluding tert-OH is 1. The summed E-state index contributed by atoms with van der Waals surface area (Å²) in [5.74, 6) is -0.0676. The van der Waals surface area contributed by atoms with Crippen LogP contribution in [0.15, 0.2) is 24.3 Å². The van der Waals surface area contributed by atoms with Gasteiger partial charge in [-0.1, -0.05) is 38.0 Å². The first-order chi connectivity index (χ1) is 7.74. The van der Waals surface area contributed by atoms with E-state index in [2.05, 4.69) is 12.2 Å². The third-order valence-electron chi connectivity index (χ3n) is 3.09. The Hall–Kier alpha value is -1.35. The molecule has 86 valence electrons. The maximum atomic E-state index is 11.8. The molecule has 0 spiro atoms. The number of unbranched alkanes of at least 4 members (excludes halogenated alkanes) is 1. The van der Waals surface area contributed by atoms with Crippen molar-refractivity contribution in [3.8, 4) is 0 Å². The predicted octanol–water partition coefficient (Wildman–Crippen LogP) is 2.02. The molecule has 2 atom stereocenters. The van der Waals surface area contributed by atoms with Crippen LogP contribution in [-0.4, -0.2) is 17.1 Å². The van der Waals surface area contributed by atoms with Gasteiger partial charge in [0.15, 0.2) is 0 Å². The first-order valence-corrected chi connectivity index (χ1v) is 5.82. The second-order valence-electron chi connectivity index (χ2n) is 4.25. The summed E-state index contributed by atoms with van der Waals surface area (Å²) in [6.07, 6.45) is 2.35. The third kappa shape index (κ3) is 1.95. The number of nitrogens with one attached hydrogen (secondary N) is 1. The number of rotatable bonds is 3. The highest BCUT2D eigenvalue weighted by molar-refractivity contribution is 5.97. The lowest BCUT2D eigenvalue weighted by Gasteiger charge is -2.30. The Balaban J connectivity index is 2.24. The molecule has 1 aliphatic heterocycles. The topological polar surface area (TPSA) is 49.3 Å². The lowest BCUT2D eigenvalue weighted by Crippen LogP contribution is -2.44. The van der Waals surface area contributed by atoms with E-state index in [1.807, 2.05) is 18.2 Å². The van der Waals surface area contributed by atoms with Gasteiger partial charge in [0.05, 0.1) is 12.1 Å². The second kappa shape index (κ2) is 4.66. The minimum atomic E-state index is -0.569. The van der Waals surface area contributed by atoms with Crippen LogP contribution in [0.25, 0.3) is 0 Å². The molecular weight excluding hydrogens is 202 g/mol. The van der Waals surface area contributed by atoms with Gasteiger partial charge in [-0.25, -0.2) is 0 Å². The highest BCUT2D eigenvalue weighted by atomic mass is 16.3. The van der Waals surface area contributed by atoms with Gasteiger partial charge in [0.25, 0.3) is 5.91 Å². The molecule has 0 bridgehead atoms. The van der Waals surface area contributed by atoms with Gasteiger partial charge in [-0.2, -0.15) is 0 Å². The number of benzene rings is 1. The molecule has 1 amide bonds. The average molecular weight is 219 g/mol. The van der Waals surface area contributed by atoms with Crippen LogP contribution in [0.1, 0.15) is 48.2 Å². The molecule has 16 heavy (non-hydrogen) atoms. The summed E-state index contributed by atoms with van der Waals surface area (Å²) >= 11 is 0. The van der Waals surface area contributed by atoms with E-state index in [0.29, 0.717) is 5.56 Å². The van der Waals surface area contributed by atoms with Crippen LogP contribution >= 0.6 is 0 Å². The minimum absolute atomic E-state index is 0.0676. The number of carbonyl (C=O) groups is 1. The summed E-state index contributed by atoms with van der Waals surface area (Å²) < 4.78 is 0. The Labute approximate surface area is 95.5 Å². The molecule has 0 saturated heterocycles. The molecule has 1 heterocycles. The summed E-state index contributed by atoms with van der Waals surface area (Å²) in [5, 5.41) is 13.0. The highest BCUT2D eigenvalue weighted by Gasteiger charge is 2.31. The molecule has 1 aromatic rings. The minimum Gasteiger partial charge on any atom is -0.386 e. The monoisotopic (exact) mass is 219 g/mol. The number of amides is 1. The van der Waals surface area contributed by atoms with E-state index in [0.717, 1.165) is 24.8 Å². The van der Waals surface area contributed by atoms with E-state index in [9.17, 15) is 9.90 Å². The molecule has 0 radical (unpaired) electrons. The van der Waals surface area contributed by atoms with Crippen LogP contribution in [0, 0.1) is 0 Å². The third-order valence-corrected chi connectivity index (χ3v) is 3.09. The largest absolute Gasteiger partial charge is 0.386 e. The van der Waals surface area contributed by atoms with Crippen molar-refractivity contribution in [2.24, 2.45) is 0 Å². The Morgan fingerprint density at radius 3 is 2.88 bits per heavy atom. The summed E-state index contributed by atoms with van der Waals surface area (Å²) in [5.41, 5.74) is 1.36. The Morgan fingerprint density at radius 1 is 1.38 bits per heavy atom. The normalized spacial score (nSPS) is 23.8. The Morgan fingerprint density at radius 2 is 2.12 bits per heavy atom. The van der Waals surface area contributed by atoms with Crippen LogP contribution in [0.3, 0.4) is 0 Å². The van der Waals surface area contributed by atoms with Crippen molar-refractivity contribution in [1.82, 2.24) is 5.32 Å². The zero-order valence-electron chi connectivity index (χ0n) is 9.44. The Bertz CT molecular complexity index is 389. The van der Waals surface area contributed by atoms with Crippen LogP contribution in [0.5, 0.6) is 0 Å². The smallest absolute Gasteiger partial charge is 0.251 e. The fraction of sp³-hybridized carbons (Fsp3) is 0.462. The van der Waals surface area contributed by atoms with E-state index < -0.39 is 6.10 Å². The van der Waals surface area contributed by atoms with Gasteiger partial charge in [-0.15, -0.1) is 0 Å². The van der Waals surface area contributed by atoms with Crippen LogP contribution in [-0.2, 0) is 0 Å². The number of fused-ring (bicyclic) bond motifs is 1. The van der Waals surface area contributed by atoms with Gasteiger partial charge in [0.2, 0.25) is 0 Å². The van der Waals surface area contributed by atoms with Crippen molar-refractivity contribution in [2.45, 2.75) is 38.3 Å².